The first kappa shape index (κ1) is 16.6. The van der Waals surface area contributed by atoms with Crippen molar-refractivity contribution in [1.29, 1.82) is 0 Å². The van der Waals surface area contributed by atoms with E-state index in [1.165, 1.54) is 37.7 Å². The van der Waals surface area contributed by atoms with Gasteiger partial charge < -0.3 is 10.0 Å². The van der Waals surface area contributed by atoms with Gasteiger partial charge in [-0.05, 0) is 53.9 Å². The summed E-state index contributed by atoms with van der Waals surface area (Å²) in [6, 6.07) is 5.87. The average molecular weight is 294 g/mol. The summed E-state index contributed by atoms with van der Waals surface area (Å²) in [4.78, 5) is 0. The van der Waals surface area contributed by atoms with Crippen LogP contribution in [0.2, 0.25) is 0 Å². The Bertz CT molecular complexity index is 602. The molecule has 2 nitrogen and oxygen atoms in total. The second kappa shape index (κ2) is 8.03. The second-order valence-electron chi connectivity index (χ2n) is 5.86. The summed E-state index contributed by atoms with van der Waals surface area (Å²) in [6.45, 7) is 1.94. The van der Waals surface area contributed by atoms with Gasteiger partial charge in [0, 0.05) is 0 Å². The van der Waals surface area contributed by atoms with Crippen molar-refractivity contribution < 1.29 is 10.0 Å². The van der Waals surface area contributed by atoms with Crippen LogP contribution in [0, 0.1) is 12.3 Å². The van der Waals surface area contributed by atoms with E-state index in [4.69, 9.17) is 6.42 Å². The van der Waals surface area contributed by atoms with Crippen LogP contribution in [0.15, 0.2) is 36.4 Å². The Labute approximate surface area is 133 Å². The van der Waals surface area contributed by atoms with Crippen LogP contribution in [0.5, 0.6) is 0 Å². The molecular weight excluding hydrogens is 271 g/mol. The molecule has 1 aromatic carbocycles. The number of benzene rings is 1. The van der Waals surface area contributed by atoms with Crippen LogP contribution in [0.25, 0.3) is 5.57 Å². The summed E-state index contributed by atoms with van der Waals surface area (Å²) < 4.78 is 0. The summed E-state index contributed by atoms with van der Waals surface area (Å²) >= 11 is 0. The van der Waals surface area contributed by atoms with Gasteiger partial charge in [0.2, 0.25) is 0 Å². The van der Waals surface area contributed by atoms with Gasteiger partial charge in [-0.2, -0.15) is 0 Å². The van der Waals surface area contributed by atoms with E-state index < -0.39 is 7.12 Å². The molecular formula is C19H23BO2. The minimum absolute atomic E-state index is 0.504. The molecule has 3 heteroatoms. The third-order valence-electron chi connectivity index (χ3n) is 4.27. The fourth-order valence-corrected chi connectivity index (χ4v) is 3.16. The Morgan fingerprint density at radius 2 is 1.95 bits per heavy atom. The quantitative estimate of drug-likeness (QED) is 0.509. The van der Waals surface area contributed by atoms with Gasteiger partial charge in [-0.15, -0.1) is 6.42 Å². The number of allylic oxidation sites excluding steroid dienone is 4. The number of hydrogen-bond acceptors (Lipinski definition) is 2. The fourth-order valence-electron chi connectivity index (χ4n) is 3.16. The molecule has 1 aliphatic carbocycles. The SMILES string of the molecule is C#C/C=C(\C=C/C)c1cc(B(O)O)cc(C2CCCCC2)c1. The molecule has 0 heterocycles. The largest absolute Gasteiger partial charge is 0.488 e. The lowest BCUT2D eigenvalue weighted by molar-refractivity contribution is 0.425. The predicted molar refractivity (Wildman–Crippen MR) is 93.7 cm³/mol. The molecule has 2 rings (SSSR count). The normalized spacial score (nSPS) is 16.7. The van der Waals surface area contributed by atoms with Crippen molar-refractivity contribution in [1.82, 2.24) is 0 Å². The molecule has 1 aliphatic rings. The van der Waals surface area contributed by atoms with Crippen LogP contribution >= 0.6 is 0 Å². The molecule has 1 aromatic rings. The molecule has 0 amide bonds. The van der Waals surface area contributed by atoms with Crippen LogP contribution in [-0.4, -0.2) is 17.2 Å². The van der Waals surface area contributed by atoms with E-state index >= 15 is 0 Å². The van der Waals surface area contributed by atoms with E-state index in [1.807, 2.05) is 25.1 Å². The zero-order valence-corrected chi connectivity index (χ0v) is 13.1. The van der Waals surface area contributed by atoms with Crippen molar-refractivity contribution in [3.05, 3.63) is 47.6 Å². The monoisotopic (exact) mass is 294 g/mol. The lowest BCUT2D eigenvalue weighted by Crippen LogP contribution is -2.30. The summed E-state index contributed by atoms with van der Waals surface area (Å²) in [5.41, 5.74) is 3.59. The maximum atomic E-state index is 9.59. The molecule has 1 saturated carbocycles. The second-order valence-corrected chi connectivity index (χ2v) is 5.86. The van der Waals surface area contributed by atoms with Gasteiger partial charge in [-0.1, -0.05) is 55.5 Å². The zero-order valence-electron chi connectivity index (χ0n) is 13.1. The highest BCUT2D eigenvalue weighted by Gasteiger charge is 2.20. The predicted octanol–water partition coefficient (Wildman–Crippen LogP) is 3.01. The third kappa shape index (κ3) is 4.13. The van der Waals surface area contributed by atoms with Crippen LogP contribution in [0.3, 0.4) is 0 Å². The van der Waals surface area contributed by atoms with Gasteiger partial charge in [0.25, 0.3) is 0 Å². The number of rotatable bonds is 4. The highest BCUT2D eigenvalue weighted by atomic mass is 16.4. The Balaban J connectivity index is 2.47. The van der Waals surface area contributed by atoms with Crippen molar-refractivity contribution in [2.24, 2.45) is 0 Å². The minimum Gasteiger partial charge on any atom is -0.423 e. The number of terminal acetylenes is 1. The molecule has 0 aromatic heterocycles. The molecule has 2 N–H and O–H groups in total. The van der Waals surface area contributed by atoms with Crippen molar-refractivity contribution in [3.63, 3.8) is 0 Å². The molecule has 0 atom stereocenters. The Hall–Kier alpha value is -1.76. The molecule has 0 aliphatic heterocycles. The van der Waals surface area contributed by atoms with Crippen LogP contribution < -0.4 is 5.46 Å². The molecule has 22 heavy (non-hydrogen) atoms. The minimum atomic E-state index is -1.46. The van der Waals surface area contributed by atoms with Gasteiger partial charge in [-0.3, -0.25) is 0 Å². The van der Waals surface area contributed by atoms with Crippen molar-refractivity contribution in [2.75, 3.05) is 0 Å². The molecule has 0 unspecified atom stereocenters. The summed E-state index contributed by atoms with van der Waals surface area (Å²) in [6.07, 6.45) is 17.1. The van der Waals surface area contributed by atoms with Crippen molar-refractivity contribution >= 4 is 18.2 Å². The highest BCUT2D eigenvalue weighted by Crippen LogP contribution is 2.33. The smallest absolute Gasteiger partial charge is 0.423 e. The van der Waals surface area contributed by atoms with Crippen LogP contribution in [0.4, 0.5) is 0 Å². The maximum Gasteiger partial charge on any atom is 0.488 e. The lowest BCUT2D eigenvalue weighted by atomic mass is 9.75. The van der Waals surface area contributed by atoms with E-state index in [2.05, 4.69) is 12.0 Å². The third-order valence-corrected chi connectivity index (χ3v) is 4.27. The summed E-state index contributed by atoms with van der Waals surface area (Å²) in [5, 5.41) is 19.2. The molecule has 114 valence electrons. The molecule has 0 spiro atoms. The summed E-state index contributed by atoms with van der Waals surface area (Å²) in [7, 11) is -1.46. The lowest BCUT2D eigenvalue weighted by Gasteiger charge is -2.23. The standard InChI is InChI=1S/C19H23BO2/c1-3-8-15(9-4-2)17-12-18(14-19(13-17)20(21)22)16-10-6-5-7-11-16/h1,4,8-9,12-14,16,21-22H,5-7,10-11H2,2H3/b9-4-,15-8+. The fraction of sp³-hybridized carbons (Fsp3) is 0.368. The van der Waals surface area contributed by atoms with Gasteiger partial charge >= 0.3 is 7.12 Å². The molecule has 0 bridgehead atoms. The number of hydrogen-bond donors (Lipinski definition) is 2. The van der Waals surface area contributed by atoms with E-state index in [0.29, 0.717) is 11.4 Å². The molecule has 0 radical (unpaired) electrons. The van der Waals surface area contributed by atoms with E-state index in [-0.39, 0.29) is 0 Å². The topological polar surface area (TPSA) is 40.5 Å². The van der Waals surface area contributed by atoms with Gasteiger partial charge in [-0.25, -0.2) is 0 Å². The zero-order chi connectivity index (χ0) is 15.9. The van der Waals surface area contributed by atoms with Crippen LogP contribution in [0.1, 0.15) is 56.1 Å². The highest BCUT2D eigenvalue weighted by molar-refractivity contribution is 6.58. The van der Waals surface area contributed by atoms with Gasteiger partial charge in [0.05, 0.1) is 0 Å². The Morgan fingerprint density at radius 1 is 1.23 bits per heavy atom. The Kier molecular flexibility index (Phi) is 6.06. The first-order valence-corrected chi connectivity index (χ1v) is 7.96. The molecule has 0 saturated heterocycles. The van der Waals surface area contributed by atoms with E-state index in [9.17, 15) is 10.0 Å². The maximum absolute atomic E-state index is 9.59. The average Bonchev–Trinajstić information content (AvgIpc) is 2.55. The van der Waals surface area contributed by atoms with Crippen molar-refractivity contribution in [3.8, 4) is 12.3 Å². The van der Waals surface area contributed by atoms with Gasteiger partial charge in [0.15, 0.2) is 0 Å². The summed E-state index contributed by atoms with van der Waals surface area (Å²) in [5.74, 6) is 3.06. The van der Waals surface area contributed by atoms with Crippen LogP contribution in [-0.2, 0) is 0 Å². The molecule has 1 fully saturated rings. The van der Waals surface area contributed by atoms with E-state index in [1.54, 1.807) is 12.1 Å². The first-order valence-electron chi connectivity index (χ1n) is 7.96. The Morgan fingerprint density at radius 3 is 2.55 bits per heavy atom. The first-order chi connectivity index (χ1) is 10.7. The van der Waals surface area contributed by atoms with Crippen molar-refractivity contribution in [2.45, 2.75) is 44.9 Å². The van der Waals surface area contributed by atoms with Gasteiger partial charge in [0.1, 0.15) is 0 Å². The van der Waals surface area contributed by atoms with E-state index in [0.717, 1.165) is 11.1 Å².